The van der Waals surface area contributed by atoms with Gasteiger partial charge in [-0.1, -0.05) is 6.42 Å². The molecule has 27 heavy (non-hydrogen) atoms. The van der Waals surface area contributed by atoms with E-state index in [0.717, 1.165) is 54.5 Å². The van der Waals surface area contributed by atoms with Gasteiger partial charge in [0.15, 0.2) is 5.65 Å². The molecule has 0 unspecified atom stereocenters. The molecule has 0 atom stereocenters. The van der Waals surface area contributed by atoms with E-state index in [1.165, 1.54) is 19.3 Å². The lowest BCUT2D eigenvalue weighted by Gasteiger charge is -2.36. The molecular formula is C20H29BN4O2. The Balaban J connectivity index is 1.44. The molecule has 5 rings (SSSR count). The van der Waals surface area contributed by atoms with E-state index >= 15 is 0 Å². The van der Waals surface area contributed by atoms with E-state index in [2.05, 4.69) is 48.2 Å². The number of hydrogen-bond acceptors (Lipinski definition) is 5. The maximum Gasteiger partial charge on any atom is 0.496 e. The van der Waals surface area contributed by atoms with Gasteiger partial charge in [0.2, 0.25) is 0 Å². The molecule has 0 amide bonds. The van der Waals surface area contributed by atoms with Crippen LogP contribution in [0.2, 0.25) is 0 Å². The zero-order chi connectivity index (χ0) is 18.8. The van der Waals surface area contributed by atoms with Gasteiger partial charge in [-0.05, 0) is 46.6 Å². The smallest absolute Gasteiger partial charge is 0.399 e. The quantitative estimate of drug-likeness (QED) is 0.761. The van der Waals surface area contributed by atoms with E-state index in [0.29, 0.717) is 0 Å². The Hall–Kier alpha value is -1.44. The molecule has 7 heteroatoms. The van der Waals surface area contributed by atoms with Gasteiger partial charge in [0.25, 0.3) is 0 Å². The Bertz CT molecular complexity index is 858. The average Bonchev–Trinajstić information content (AvgIpc) is 2.92. The average molecular weight is 368 g/mol. The highest BCUT2D eigenvalue weighted by molar-refractivity contribution is 6.62. The second kappa shape index (κ2) is 6.03. The Kier molecular flexibility index (Phi) is 3.94. The molecule has 0 aromatic carbocycles. The van der Waals surface area contributed by atoms with E-state index in [4.69, 9.17) is 14.3 Å². The summed E-state index contributed by atoms with van der Waals surface area (Å²) in [7, 11) is -0.379. The first-order valence-electron chi connectivity index (χ1n) is 10.3. The summed E-state index contributed by atoms with van der Waals surface area (Å²) < 4.78 is 14.8. The summed E-state index contributed by atoms with van der Waals surface area (Å²) in [5, 5.41) is 0. The van der Waals surface area contributed by atoms with Crippen molar-refractivity contribution in [2.24, 2.45) is 0 Å². The van der Waals surface area contributed by atoms with Crippen molar-refractivity contribution in [2.75, 3.05) is 13.1 Å². The Labute approximate surface area is 161 Å². The van der Waals surface area contributed by atoms with Crippen LogP contribution in [0.4, 0.5) is 0 Å². The molecule has 1 saturated carbocycles. The fraction of sp³-hybridized carbons (Fsp3) is 0.700. The van der Waals surface area contributed by atoms with E-state index in [-0.39, 0.29) is 18.3 Å². The van der Waals surface area contributed by atoms with Crippen molar-refractivity contribution in [3.05, 3.63) is 18.1 Å². The van der Waals surface area contributed by atoms with Crippen LogP contribution in [0.15, 0.2) is 12.3 Å². The lowest BCUT2D eigenvalue weighted by Crippen LogP contribution is -2.41. The molecule has 2 aromatic heterocycles. The molecule has 1 aliphatic carbocycles. The third kappa shape index (κ3) is 2.82. The summed E-state index contributed by atoms with van der Waals surface area (Å²) in [5.41, 5.74) is 2.23. The zero-order valence-corrected chi connectivity index (χ0v) is 16.9. The Morgan fingerprint density at radius 3 is 2.48 bits per heavy atom. The van der Waals surface area contributed by atoms with Crippen molar-refractivity contribution in [3.63, 3.8) is 0 Å². The van der Waals surface area contributed by atoms with Crippen molar-refractivity contribution in [3.8, 4) is 0 Å². The number of rotatable bonds is 2. The predicted molar refractivity (Wildman–Crippen MR) is 106 cm³/mol. The second-order valence-corrected chi connectivity index (χ2v) is 9.25. The van der Waals surface area contributed by atoms with E-state index < -0.39 is 0 Å². The summed E-state index contributed by atoms with van der Waals surface area (Å²) in [5.74, 6) is 1.16. The molecule has 0 bridgehead atoms. The number of hydrogen-bond donors (Lipinski definition) is 0. The van der Waals surface area contributed by atoms with Crippen molar-refractivity contribution in [1.29, 1.82) is 0 Å². The number of pyridine rings is 1. The Morgan fingerprint density at radius 2 is 1.81 bits per heavy atom. The zero-order valence-electron chi connectivity index (χ0n) is 16.9. The first-order valence-corrected chi connectivity index (χ1v) is 10.3. The molecule has 1 saturated heterocycles. The molecule has 0 radical (unpaired) electrons. The van der Waals surface area contributed by atoms with Crippen LogP contribution in [-0.4, -0.2) is 56.9 Å². The minimum atomic E-state index is -0.379. The molecule has 0 spiro atoms. The van der Waals surface area contributed by atoms with E-state index in [9.17, 15) is 0 Å². The van der Waals surface area contributed by atoms with Gasteiger partial charge < -0.3 is 13.9 Å². The van der Waals surface area contributed by atoms with Crippen LogP contribution in [0.3, 0.4) is 0 Å². The maximum atomic E-state index is 6.21. The monoisotopic (exact) mass is 368 g/mol. The highest BCUT2D eigenvalue weighted by Gasteiger charge is 2.52. The van der Waals surface area contributed by atoms with Gasteiger partial charge in [-0.2, -0.15) is 0 Å². The molecule has 2 aliphatic heterocycles. The van der Waals surface area contributed by atoms with Crippen LogP contribution in [0.5, 0.6) is 0 Å². The topological polar surface area (TPSA) is 52.4 Å². The van der Waals surface area contributed by atoms with E-state index in [1.807, 2.05) is 6.20 Å². The minimum Gasteiger partial charge on any atom is -0.399 e. The molecule has 2 fully saturated rings. The van der Waals surface area contributed by atoms with Crippen molar-refractivity contribution >= 4 is 23.7 Å². The van der Waals surface area contributed by atoms with Crippen molar-refractivity contribution < 1.29 is 9.31 Å². The fourth-order valence-electron chi connectivity index (χ4n) is 4.32. The fourth-order valence-corrected chi connectivity index (χ4v) is 4.32. The van der Waals surface area contributed by atoms with Crippen LogP contribution in [0, 0.1) is 0 Å². The van der Waals surface area contributed by atoms with Gasteiger partial charge in [-0.3, -0.25) is 4.90 Å². The summed E-state index contributed by atoms with van der Waals surface area (Å²) >= 11 is 0. The van der Waals surface area contributed by atoms with Gasteiger partial charge in [0, 0.05) is 43.8 Å². The van der Waals surface area contributed by atoms with Crippen molar-refractivity contribution in [1.82, 2.24) is 19.4 Å². The maximum absolute atomic E-state index is 6.21. The lowest BCUT2D eigenvalue weighted by molar-refractivity contribution is 0.00578. The number of nitrogens with zero attached hydrogens (tertiary/aromatic N) is 4. The Morgan fingerprint density at radius 1 is 1.07 bits per heavy atom. The number of aromatic nitrogens is 3. The molecule has 0 N–H and O–H groups in total. The summed E-state index contributed by atoms with van der Waals surface area (Å²) in [6, 6.07) is 2.96. The first kappa shape index (κ1) is 17.6. The largest absolute Gasteiger partial charge is 0.496 e. The van der Waals surface area contributed by atoms with Gasteiger partial charge in [-0.25, -0.2) is 9.97 Å². The third-order valence-electron chi connectivity index (χ3n) is 7.06. The van der Waals surface area contributed by atoms with Crippen LogP contribution in [0.1, 0.15) is 52.8 Å². The first-order chi connectivity index (χ1) is 12.8. The molecule has 4 heterocycles. The normalized spacial score (nSPS) is 25.4. The number of fused-ring (bicyclic) bond motifs is 3. The van der Waals surface area contributed by atoms with Gasteiger partial charge >= 0.3 is 7.12 Å². The predicted octanol–water partition coefficient (Wildman–Crippen LogP) is 2.14. The second-order valence-electron chi connectivity index (χ2n) is 9.25. The molecule has 6 nitrogen and oxygen atoms in total. The van der Waals surface area contributed by atoms with Gasteiger partial charge in [0.1, 0.15) is 5.82 Å². The molecule has 144 valence electrons. The van der Waals surface area contributed by atoms with E-state index in [1.54, 1.807) is 0 Å². The lowest BCUT2D eigenvalue weighted by atomic mass is 9.80. The summed E-state index contributed by atoms with van der Waals surface area (Å²) in [6.07, 6.45) is 6.96. The summed E-state index contributed by atoms with van der Waals surface area (Å²) in [6.45, 7) is 11.5. The van der Waals surface area contributed by atoms with Gasteiger partial charge in [-0.15, -0.1) is 0 Å². The standard InChI is InChI=1S/C20H29BN4O2/c1-19(2)20(3,4)27-21(26-19)14-12-16-18(22-13-14)23-17-8-9-24(10-11-25(16)17)15-6-5-7-15/h12-13,15H,5-11H2,1-4H3. The highest BCUT2D eigenvalue weighted by Crippen LogP contribution is 2.36. The van der Waals surface area contributed by atoms with Crippen LogP contribution in [0.25, 0.3) is 11.2 Å². The number of imidazole rings is 1. The van der Waals surface area contributed by atoms with Crippen LogP contribution < -0.4 is 5.46 Å². The summed E-state index contributed by atoms with van der Waals surface area (Å²) in [4.78, 5) is 12.1. The van der Waals surface area contributed by atoms with Gasteiger partial charge in [0.05, 0.1) is 16.7 Å². The van der Waals surface area contributed by atoms with Crippen LogP contribution in [-0.2, 0) is 22.3 Å². The molecular weight excluding hydrogens is 339 g/mol. The molecule has 2 aromatic rings. The molecule has 3 aliphatic rings. The van der Waals surface area contributed by atoms with Crippen molar-refractivity contribution in [2.45, 2.75) is 77.2 Å². The third-order valence-corrected chi connectivity index (χ3v) is 7.06. The highest BCUT2D eigenvalue weighted by atomic mass is 16.7. The minimum absolute atomic E-state index is 0.343. The van der Waals surface area contributed by atoms with Crippen LogP contribution >= 0.6 is 0 Å². The SMILES string of the molecule is CC1(C)OB(c2cnc3nc4n(c3c2)CCN(C2CCC2)CC4)OC1(C)C.